The van der Waals surface area contributed by atoms with Gasteiger partial charge in [-0.1, -0.05) is 80.5 Å². The van der Waals surface area contributed by atoms with Crippen LogP contribution in [0, 0.1) is 29.6 Å². The van der Waals surface area contributed by atoms with Gasteiger partial charge in [-0.25, -0.2) is 0 Å². The maximum absolute atomic E-state index is 12.8. The highest BCUT2D eigenvalue weighted by atomic mass is 16.1. The first-order chi connectivity index (χ1) is 12.5. The van der Waals surface area contributed by atoms with Gasteiger partial charge in [0.25, 0.3) is 0 Å². The first-order valence-electron chi connectivity index (χ1n) is 10.9. The molecule has 27 heavy (non-hydrogen) atoms. The minimum Gasteiger partial charge on any atom is -0.294 e. The zero-order valence-electron chi connectivity index (χ0n) is 18.8. The van der Waals surface area contributed by atoms with Crippen LogP contribution in [0.25, 0.3) is 0 Å². The number of ketones is 1. The Morgan fingerprint density at radius 3 is 1.59 bits per heavy atom. The molecule has 0 spiro atoms. The predicted octanol–water partition coefficient (Wildman–Crippen LogP) is 6.73. The Balaban J connectivity index is 2.41. The molecule has 1 aromatic carbocycles. The molecule has 0 bridgehead atoms. The number of fused-ring (bicyclic) bond motifs is 2. The van der Waals surface area contributed by atoms with E-state index in [9.17, 15) is 4.79 Å². The van der Waals surface area contributed by atoms with E-state index >= 15 is 0 Å². The van der Waals surface area contributed by atoms with E-state index in [4.69, 9.17) is 0 Å². The first-order valence-corrected chi connectivity index (χ1v) is 10.9. The third-order valence-corrected chi connectivity index (χ3v) is 7.87. The lowest BCUT2D eigenvalue weighted by atomic mass is 9.52. The standard InChI is InChI=1S/C26H38O/c1-15(2)25(16(3)4)10-11-26(17(5)6,18(7)8)23-14-21-20(13-22(23)25)12-19(9)24(21)27/h10-11,13-19H,12H2,1-9H3. The van der Waals surface area contributed by atoms with E-state index in [1.807, 2.05) is 0 Å². The number of carbonyl (C=O) groups excluding carboxylic acids is 1. The van der Waals surface area contributed by atoms with Crippen LogP contribution in [-0.4, -0.2) is 5.78 Å². The summed E-state index contributed by atoms with van der Waals surface area (Å²) in [6.45, 7) is 20.8. The molecule has 0 heterocycles. The van der Waals surface area contributed by atoms with Gasteiger partial charge in [-0.3, -0.25) is 4.79 Å². The highest BCUT2D eigenvalue weighted by Crippen LogP contribution is 2.55. The smallest absolute Gasteiger partial charge is 0.166 e. The van der Waals surface area contributed by atoms with Crippen LogP contribution in [0.15, 0.2) is 24.3 Å². The fourth-order valence-electron chi connectivity index (χ4n) is 6.25. The normalized spacial score (nSPS) is 22.9. The molecule has 0 N–H and O–H groups in total. The maximum Gasteiger partial charge on any atom is 0.166 e. The second kappa shape index (κ2) is 6.61. The van der Waals surface area contributed by atoms with E-state index in [0.717, 1.165) is 12.0 Å². The fourth-order valence-corrected chi connectivity index (χ4v) is 6.25. The summed E-state index contributed by atoms with van der Waals surface area (Å²) in [4.78, 5) is 12.8. The number of benzene rings is 1. The summed E-state index contributed by atoms with van der Waals surface area (Å²) >= 11 is 0. The Morgan fingerprint density at radius 2 is 1.19 bits per heavy atom. The molecule has 2 aliphatic carbocycles. The molecule has 1 atom stereocenters. The van der Waals surface area contributed by atoms with E-state index in [-0.39, 0.29) is 16.7 Å². The zero-order valence-corrected chi connectivity index (χ0v) is 18.8. The van der Waals surface area contributed by atoms with Gasteiger partial charge < -0.3 is 0 Å². The first kappa shape index (κ1) is 20.4. The van der Waals surface area contributed by atoms with Crippen molar-refractivity contribution in [3.8, 4) is 0 Å². The Kier molecular flexibility index (Phi) is 4.98. The average molecular weight is 367 g/mol. The molecular formula is C26H38O. The van der Waals surface area contributed by atoms with Crippen molar-refractivity contribution in [1.29, 1.82) is 0 Å². The lowest BCUT2D eigenvalue weighted by Crippen LogP contribution is -2.47. The Labute approximate surface area is 166 Å². The molecule has 0 aromatic heterocycles. The van der Waals surface area contributed by atoms with Crippen LogP contribution in [-0.2, 0) is 17.3 Å². The third-order valence-electron chi connectivity index (χ3n) is 7.87. The summed E-state index contributed by atoms with van der Waals surface area (Å²) in [6.07, 6.45) is 5.95. The molecule has 2 aliphatic rings. The molecule has 3 rings (SSSR count). The van der Waals surface area contributed by atoms with Crippen LogP contribution in [0.3, 0.4) is 0 Å². The molecule has 1 nitrogen and oxygen atoms in total. The number of Topliss-reactive ketones (excluding diaryl/α,β-unsaturated/α-hetero) is 1. The number of hydrogen-bond donors (Lipinski definition) is 0. The lowest BCUT2D eigenvalue weighted by Gasteiger charge is -2.51. The number of hydrogen-bond acceptors (Lipinski definition) is 1. The summed E-state index contributed by atoms with van der Waals surface area (Å²) in [5.41, 5.74) is 5.19. The molecule has 0 saturated carbocycles. The van der Waals surface area contributed by atoms with Gasteiger partial charge in [0.05, 0.1) is 0 Å². The lowest BCUT2D eigenvalue weighted by molar-refractivity contribution is 0.0946. The van der Waals surface area contributed by atoms with Gasteiger partial charge >= 0.3 is 0 Å². The minimum atomic E-state index is -0.0102. The molecule has 148 valence electrons. The Morgan fingerprint density at radius 1 is 0.778 bits per heavy atom. The second-order valence-electron chi connectivity index (χ2n) is 10.3. The highest BCUT2D eigenvalue weighted by molar-refractivity contribution is 6.02. The van der Waals surface area contributed by atoms with Gasteiger partial charge in [0.2, 0.25) is 0 Å². The van der Waals surface area contributed by atoms with Crippen LogP contribution in [0.2, 0.25) is 0 Å². The van der Waals surface area contributed by atoms with E-state index in [2.05, 4.69) is 86.6 Å². The van der Waals surface area contributed by atoms with Crippen molar-refractivity contribution in [2.45, 2.75) is 79.6 Å². The maximum atomic E-state index is 12.8. The molecular weight excluding hydrogens is 328 g/mol. The largest absolute Gasteiger partial charge is 0.294 e. The predicted molar refractivity (Wildman–Crippen MR) is 115 cm³/mol. The molecule has 0 radical (unpaired) electrons. The zero-order chi connectivity index (χ0) is 20.3. The average Bonchev–Trinajstić information content (AvgIpc) is 2.85. The molecule has 0 amide bonds. The Hall–Kier alpha value is -1.37. The van der Waals surface area contributed by atoms with Crippen molar-refractivity contribution in [2.75, 3.05) is 0 Å². The molecule has 1 heteroatoms. The molecule has 1 aromatic rings. The van der Waals surface area contributed by atoms with Crippen molar-refractivity contribution in [3.63, 3.8) is 0 Å². The summed E-state index contributed by atoms with van der Waals surface area (Å²) in [5, 5.41) is 0. The Bertz CT molecular complexity index is 760. The van der Waals surface area contributed by atoms with E-state index in [1.54, 1.807) is 0 Å². The molecule has 0 aliphatic heterocycles. The van der Waals surface area contributed by atoms with Gasteiger partial charge in [0, 0.05) is 22.3 Å². The quantitative estimate of drug-likeness (QED) is 0.540. The molecule has 0 saturated heterocycles. The van der Waals surface area contributed by atoms with Crippen LogP contribution >= 0.6 is 0 Å². The van der Waals surface area contributed by atoms with E-state index < -0.39 is 0 Å². The summed E-state index contributed by atoms with van der Waals surface area (Å²) in [5.74, 6) is 2.45. The van der Waals surface area contributed by atoms with Crippen molar-refractivity contribution in [3.05, 3.63) is 46.5 Å². The summed E-state index contributed by atoms with van der Waals surface area (Å²) in [7, 11) is 0. The van der Waals surface area contributed by atoms with E-state index in [1.165, 1.54) is 16.7 Å². The minimum absolute atomic E-state index is 0.0102. The van der Waals surface area contributed by atoms with Crippen LogP contribution < -0.4 is 0 Å². The van der Waals surface area contributed by atoms with Crippen LogP contribution in [0.1, 0.15) is 89.4 Å². The number of carbonyl (C=O) groups is 1. The summed E-state index contributed by atoms with van der Waals surface area (Å²) in [6, 6.07) is 4.73. The van der Waals surface area contributed by atoms with Gasteiger partial charge in [-0.2, -0.15) is 0 Å². The van der Waals surface area contributed by atoms with E-state index in [0.29, 0.717) is 29.5 Å². The molecule has 1 unspecified atom stereocenters. The SMILES string of the molecule is CC1Cc2cc3c(cc2C1=O)C(C(C)C)(C(C)C)C=CC3(C(C)C)C(C)C. The van der Waals surface area contributed by atoms with Gasteiger partial charge in [0.1, 0.15) is 0 Å². The molecule has 0 fully saturated rings. The van der Waals surface area contributed by atoms with Crippen molar-refractivity contribution >= 4 is 5.78 Å². The van der Waals surface area contributed by atoms with Crippen molar-refractivity contribution < 1.29 is 4.79 Å². The van der Waals surface area contributed by atoms with Crippen LogP contribution in [0.4, 0.5) is 0 Å². The van der Waals surface area contributed by atoms with Gasteiger partial charge in [-0.15, -0.1) is 0 Å². The fraction of sp³-hybridized carbons (Fsp3) is 0.654. The van der Waals surface area contributed by atoms with Crippen molar-refractivity contribution in [2.24, 2.45) is 29.6 Å². The third kappa shape index (κ3) is 2.60. The summed E-state index contributed by atoms with van der Waals surface area (Å²) < 4.78 is 0. The topological polar surface area (TPSA) is 17.1 Å². The van der Waals surface area contributed by atoms with Crippen LogP contribution in [0.5, 0.6) is 0 Å². The monoisotopic (exact) mass is 366 g/mol. The highest BCUT2D eigenvalue weighted by Gasteiger charge is 2.49. The van der Waals surface area contributed by atoms with Crippen molar-refractivity contribution in [1.82, 2.24) is 0 Å². The van der Waals surface area contributed by atoms with Gasteiger partial charge in [0.15, 0.2) is 5.78 Å². The second-order valence-corrected chi connectivity index (χ2v) is 10.3. The number of rotatable bonds is 4. The van der Waals surface area contributed by atoms with Gasteiger partial charge in [-0.05, 0) is 52.8 Å². The number of allylic oxidation sites excluding steroid dienone is 2.